The molecule has 1 aromatic heterocycles. The van der Waals surface area contributed by atoms with Crippen LogP contribution in [0.3, 0.4) is 0 Å². The molecule has 1 aliphatic rings. The van der Waals surface area contributed by atoms with E-state index in [2.05, 4.69) is 46.8 Å². The van der Waals surface area contributed by atoms with Gasteiger partial charge in [-0.1, -0.05) is 20.8 Å². The van der Waals surface area contributed by atoms with Gasteiger partial charge in [0.05, 0.1) is 10.7 Å². The highest BCUT2D eigenvalue weighted by Gasteiger charge is 2.33. The van der Waals surface area contributed by atoms with Gasteiger partial charge < -0.3 is 10.6 Å². The van der Waals surface area contributed by atoms with E-state index in [0.717, 1.165) is 24.8 Å². The monoisotopic (exact) mass is 408 g/mol. The van der Waals surface area contributed by atoms with Crippen molar-refractivity contribution >= 4 is 41.3 Å². The molecule has 0 saturated heterocycles. The first-order valence-corrected chi connectivity index (χ1v) is 7.89. The summed E-state index contributed by atoms with van der Waals surface area (Å²) in [6.45, 7) is 7.50. The predicted octanol–water partition coefficient (Wildman–Crippen LogP) is 3.00. The lowest BCUT2D eigenvalue weighted by atomic mass is 10.2. The van der Waals surface area contributed by atoms with Gasteiger partial charge in [-0.05, 0) is 12.3 Å². The maximum Gasteiger partial charge on any atom is 0.191 e. The Hall–Kier alpha value is -0.370. The maximum atomic E-state index is 4.64. The smallest absolute Gasteiger partial charge is 0.191 e. The normalized spacial score (nSPS) is 21.6. The molecule has 114 valence electrons. The molecule has 2 atom stereocenters. The Labute approximate surface area is 142 Å². The van der Waals surface area contributed by atoms with Crippen LogP contribution in [0.2, 0.25) is 0 Å². The lowest BCUT2D eigenvalue weighted by molar-refractivity contribution is 0.751. The van der Waals surface area contributed by atoms with Crippen LogP contribution >= 0.6 is 35.3 Å². The van der Waals surface area contributed by atoms with Gasteiger partial charge in [-0.25, -0.2) is 4.98 Å². The molecule has 0 radical (unpaired) electrons. The average molecular weight is 408 g/mol. The zero-order chi connectivity index (χ0) is 13.8. The van der Waals surface area contributed by atoms with E-state index in [9.17, 15) is 0 Å². The first-order valence-electron chi connectivity index (χ1n) is 7.01. The summed E-state index contributed by atoms with van der Waals surface area (Å²) in [5.74, 6) is 2.22. The molecule has 20 heavy (non-hydrogen) atoms. The lowest BCUT2D eigenvalue weighted by Crippen LogP contribution is -2.39. The quantitative estimate of drug-likeness (QED) is 0.448. The third-order valence-corrected chi connectivity index (χ3v) is 4.59. The highest BCUT2D eigenvalue weighted by Crippen LogP contribution is 2.28. The molecule has 0 aromatic carbocycles. The summed E-state index contributed by atoms with van der Waals surface area (Å²) >= 11 is 1.76. The molecule has 1 heterocycles. The minimum absolute atomic E-state index is 0. The number of nitrogens with zero attached hydrogens (tertiary/aromatic N) is 2. The fourth-order valence-corrected chi connectivity index (χ4v) is 2.77. The molecule has 1 aliphatic carbocycles. The Morgan fingerprint density at radius 1 is 1.55 bits per heavy atom. The molecule has 6 heteroatoms. The zero-order valence-corrected chi connectivity index (χ0v) is 15.8. The van der Waals surface area contributed by atoms with Gasteiger partial charge in [-0.2, -0.15) is 0 Å². The van der Waals surface area contributed by atoms with Crippen LogP contribution in [-0.2, 0) is 6.42 Å². The van der Waals surface area contributed by atoms with Gasteiger partial charge in [0.2, 0.25) is 0 Å². The Balaban J connectivity index is 0.00000200. The van der Waals surface area contributed by atoms with Crippen molar-refractivity contribution in [1.29, 1.82) is 0 Å². The van der Waals surface area contributed by atoms with Crippen LogP contribution in [0.5, 0.6) is 0 Å². The Morgan fingerprint density at radius 2 is 2.25 bits per heavy atom. The number of halogens is 1. The molecule has 0 aliphatic heterocycles. The first kappa shape index (κ1) is 17.7. The molecule has 1 saturated carbocycles. The van der Waals surface area contributed by atoms with Crippen molar-refractivity contribution in [1.82, 2.24) is 15.6 Å². The largest absolute Gasteiger partial charge is 0.356 e. The van der Waals surface area contributed by atoms with Crippen LogP contribution in [0.4, 0.5) is 0 Å². The number of hydrogen-bond acceptors (Lipinski definition) is 3. The predicted molar refractivity (Wildman–Crippen MR) is 97.4 cm³/mol. The minimum Gasteiger partial charge on any atom is -0.356 e. The molecular weight excluding hydrogens is 383 g/mol. The molecular formula is C14H25IN4S. The Bertz CT molecular complexity index is 444. The van der Waals surface area contributed by atoms with Crippen LogP contribution in [0.1, 0.15) is 43.8 Å². The first-order chi connectivity index (χ1) is 9.10. The third kappa shape index (κ3) is 5.20. The molecule has 0 spiro atoms. The number of rotatable bonds is 5. The number of aromatic nitrogens is 1. The van der Waals surface area contributed by atoms with E-state index in [4.69, 9.17) is 0 Å². The van der Waals surface area contributed by atoms with Gasteiger partial charge in [0, 0.05) is 37.4 Å². The van der Waals surface area contributed by atoms with E-state index >= 15 is 0 Å². The summed E-state index contributed by atoms with van der Waals surface area (Å²) < 4.78 is 0. The second-order valence-corrected chi connectivity index (χ2v) is 6.43. The van der Waals surface area contributed by atoms with Crippen LogP contribution in [0.25, 0.3) is 0 Å². The zero-order valence-electron chi connectivity index (χ0n) is 12.6. The van der Waals surface area contributed by atoms with E-state index in [0.29, 0.717) is 12.0 Å². The van der Waals surface area contributed by atoms with Gasteiger partial charge in [0.25, 0.3) is 0 Å². The summed E-state index contributed by atoms with van der Waals surface area (Å²) in [7, 11) is 1.82. The summed E-state index contributed by atoms with van der Waals surface area (Å²) in [5.41, 5.74) is 1.18. The molecule has 1 fully saturated rings. The van der Waals surface area contributed by atoms with Crippen LogP contribution in [-0.4, -0.2) is 30.6 Å². The number of thiazole rings is 1. The van der Waals surface area contributed by atoms with E-state index in [1.165, 1.54) is 17.1 Å². The standard InChI is InChI=1S/C14H24N4S.HI/c1-9(2)13-17-11(8-19-13)5-6-16-14(15-4)18-12-7-10(12)3;/h8-10,12H,5-7H2,1-4H3,(H2,15,16,18);1H. The van der Waals surface area contributed by atoms with E-state index in [1.807, 2.05) is 7.05 Å². The second-order valence-electron chi connectivity index (χ2n) is 5.54. The fraction of sp³-hybridized carbons (Fsp3) is 0.714. The fourth-order valence-electron chi connectivity index (χ4n) is 1.91. The van der Waals surface area contributed by atoms with Crippen molar-refractivity contribution < 1.29 is 0 Å². The number of hydrogen-bond donors (Lipinski definition) is 2. The average Bonchev–Trinajstić information content (AvgIpc) is 2.89. The van der Waals surface area contributed by atoms with Crippen molar-refractivity contribution in [3.05, 3.63) is 16.1 Å². The summed E-state index contributed by atoms with van der Waals surface area (Å²) in [6.07, 6.45) is 2.20. The summed E-state index contributed by atoms with van der Waals surface area (Å²) in [6, 6.07) is 0.609. The van der Waals surface area contributed by atoms with Crippen molar-refractivity contribution in [3.63, 3.8) is 0 Å². The van der Waals surface area contributed by atoms with E-state index in [1.54, 1.807) is 11.3 Å². The maximum absolute atomic E-state index is 4.64. The lowest BCUT2D eigenvalue weighted by Gasteiger charge is -2.10. The van der Waals surface area contributed by atoms with E-state index in [-0.39, 0.29) is 24.0 Å². The SMILES string of the molecule is CN=C(NCCc1csc(C(C)C)n1)NC1CC1C.I. The van der Waals surface area contributed by atoms with Crippen molar-refractivity contribution in [2.24, 2.45) is 10.9 Å². The van der Waals surface area contributed by atoms with Crippen molar-refractivity contribution in [2.45, 2.75) is 45.6 Å². The van der Waals surface area contributed by atoms with Gasteiger partial charge in [-0.3, -0.25) is 4.99 Å². The number of aliphatic imine (C=N–C) groups is 1. The molecule has 4 nitrogen and oxygen atoms in total. The minimum atomic E-state index is 0. The Morgan fingerprint density at radius 3 is 2.75 bits per heavy atom. The van der Waals surface area contributed by atoms with Gasteiger partial charge in [0.1, 0.15) is 0 Å². The van der Waals surface area contributed by atoms with Crippen molar-refractivity contribution in [2.75, 3.05) is 13.6 Å². The highest BCUT2D eigenvalue weighted by atomic mass is 127. The Kier molecular flexibility index (Phi) is 7.22. The second kappa shape index (κ2) is 8.17. The van der Waals surface area contributed by atoms with Crippen molar-refractivity contribution in [3.8, 4) is 0 Å². The van der Waals surface area contributed by atoms with Gasteiger partial charge >= 0.3 is 0 Å². The molecule has 2 rings (SSSR count). The van der Waals surface area contributed by atoms with E-state index < -0.39 is 0 Å². The molecule has 2 N–H and O–H groups in total. The topological polar surface area (TPSA) is 49.3 Å². The number of guanidine groups is 1. The highest BCUT2D eigenvalue weighted by molar-refractivity contribution is 14.0. The van der Waals surface area contributed by atoms with Crippen LogP contribution in [0.15, 0.2) is 10.4 Å². The van der Waals surface area contributed by atoms with Crippen LogP contribution in [0, 0.1) is 5.92 Å². The van der Waals surface area contributed by atoms with Crippen LogP contribution < -0.4 is 10.6 Å². The third-order valence-electron chi connectivity index (χ3n) is 3.39. The molecule has 1 aromatic rings. The molecule has 2 unspecified atom stereocenters. The summed E-state index contributed by atoms with van der Waals surface area (Å²) in [5, 5.41) is 10.2. The number of nitrogens with one attached hydrogen (secondary N) is 2. The summed E-state index contributed by atoms with van der Waals surface area (Å²) in [4.78, 5) is 8.88. The molecule has 0 amide bonds. The van der Waals surface area contributed by atoms with Gasteiger partial charge in [-0.15, -0.1) is 35.3 Å². The van der Waals surface area contributed by atoms with Gasteiger partial charge in [0.15, 0.2) is 5.96 Å². The molecule has 0 bridgehead atoms.